The van der Waals surface area contributed by atoms with Crippen molar-refractivity contribution in [2.75, 3.05) is 5.73 Å². The predicted molar refractivity (Wildman–Crippen MR) is 47.9 cm³/mol. The molecule has 0 amide bonds. The lowest BCUT2D eigenvalue weighted by atomic mass is 10.3. The van der Waals surface area contributed by atoms with Crippen molar-refractivity contribution in [3.63, 3.8) is 0 Å². The van der Waals surface area contributed by atoms with Crippen LogP contribution in [0, 0.1) is 10.1 Å². The van der Waals surface area contributed by atoms with Crippen LogP contribution in [-0.2, 0) is 5.33 Å². The Labute approximate surface area is 76.9 Å². The lowest BCUT2D eigenvalue weighted by Crippen LogP contribution is -1.99. The number of nitrogen functional groups attached to an aromatic ring is 1. The standard InChI is InChI=1S/C6H6BrN3O2/c7-3-4-1-2-5(10(11)12)6(8)9-4/h1-2H,3H2,(H2,8,9). The van der Waals surface area contributed by atoms with E-state index in [1.165, 1.54) is 6.07 Å². The van der Waals surface area contributed by atoms with Crippen molar-refractivity contribution in [2.45, 2.75) is 5.33 Å². The fourth-order valence-corrected chi connectivity index (χ4v) is 1.05. The fourth-order valence-electron chi connectivity index (χ4n) is 0.739. The van der Waals surface area contributed by atoms with Gasteiger partial charge < -0.3 is 5.73 Å². The van der Waals surface area contributed by atoms with Crippen molar-refractivity contribution in [1.82, 2.24) is 4.98 Å². The first-order chi connectivity index (χ1) is 5.65. The van der Waals surface area contributed by atoms with E-state index in [0.717, 1.165) is 0 Å². The van der Waals surface area contributed by atoms with Crippen molar-refractivity contribution in [1.29, 1.82) is 0 Å². The SMILES string of the molecule is Nc1nc(CBr)ccc1[N+](=O)[O-]. The number of nitrogens with two attached hydrogens (primary N) is 1. The number of halogens is 1. The molecule has 0 bridgehead atoms. The molecule has 0 fully saturated rings. The molecule has 0 radical (unpaired) electrons. The molecule has 0 aliphatic carbocycles. The predicted octanol–water partition coefficient (Wildman–Crippen LogP) is 1.47. The van der Waals surface area contributed by atoms with Crippen LogP contribution in [-0.4, -0.2) is 9.91 Å². The van der Waals surface area contributed by atoms with Crippen LogP contribution in [0.15, 0.2) is 12.1 Å². The van der Waals surface area contributed by atoms with Gasteiger partial charge in [-0.2, -0.15) is 0 Å². The van der Waals surface area contributed by atoms with Crippen LogP contribution in [0.25, 0.3) is 0 Å². The maximum Gasteiger partial charge on any atom is 0.311 e. The van der Waals surface area contributed by atoms with Crippen LogP contribution in [0.4, 0.5) is 11.5 Å². The first kappa shape index (κ1) is 8.92. The summed E-state index contributed by atoms with van der Waals surface area (Å²) in [5.74, 6) is -0.0445. The maximum absolute atomic E-state index is 10.3. The third-order valence-electron chi connectivity index (χ3n) is 1.29. The Morgan fingerprint density at radius 1 is 1.67 bits per heavy atom. The van der Waals surface area contributed by atoms with Crippen LogP contribution >= 0.6 is 15.9 Å². The second kappa shape index (κ2) is 3.48. The highest BCUT2D eigenvalue weighted by molar-refractivity contribution is 9.08. The van der Waals surface area contributed by atoms with Crippen molar-refractivity contribution in [3.05, 3.63) is 27.9 Å². The number of nitro groups is 1. The summed E-state index contributed by atoms with van der Waals surface area (Å²) in [5.41, 5.74) is 5.85. The molecule has 6 heteroatoms. The van der Waals surface area contributed by atoms with Crippen molar-refractivity contribution < 1.29 is 4.92 Å². The van der Waals surface area contributed by atoms with Gasteiger partial charge in [-0.1, -0.05) is 15.9 Å². The molecule has 1 aromatic rings. The lowest BCUT2D eigenvalue weighted by molar-refractivity contribution is -0.384. The van der Waals surface area contributed by atoms with Gasteiger partial charge >= 0.3 is 5.69 Å². The molecule has 0 spiro atoms. The summed E-state index contributed by atoms with van der Waals surface area (Å²) in [4.78, 5) is 13.5. The van der Waals surface area contributed by atoms with Gasteiger partial charge in [-0.05, 0) is 6.07 Å². The highest BCUT2D eigenvalue weighted by Gasteiger charge is 2.11. The third kappa shape index (κ3) is 1.70. The molecule has 2 N–H and O–H groups in total. The van der Waals surface area contributed by atoms with E-state index in [4.69, 9.17) is 5.73 Å². The largest absolute Gasteiger partial charge is 0.378 e. The van der Waals surface area contributed by atoms with Crippen LogP contribution < -0.4 is 5.73 Å². The molecule has 5 nitrogen and oxygen atoms in total. The van der Waals surface area contributed by atoms with Crippen LogP contribution in [0.1, 0.15) is 5.69 Å². The molecule has 0 unspecified atom stereocenters. The minimum atomic E-state index is -0.555. The Morgan fingerprint density at radius 2 is 2.33 bits per heavy atom. The highest BCUT2D eigenvalue weighted by atomic mass is 79.9. The van der Waals surface area contributed by atoms with E-state index in [-0.39, 0.29) is 11.5 Å². The zero-order valence-corrected chi connectivity index (χ0v) is 7.61. The minimum Gasteiger partial charge on any atom is -0.378 e. The zero-order valence-electron chi connectivity index (χ0n) is 6.03. The number of hydrogen-bond acceptors (Lipinski definition) is 4. The van der Waals surface area contributed by atoms with Gasteiger partial charge in [0.05, 0.1) is 10.6 Å². The van der Waals surface area contributed by atoms with Crippen molar-refractivity contribution in [3.8, 4) is 0 Å². The maximum atomic E-state index is 10.3. The zero-order chi connectivity index (χ0) is 9.14. The molecule has 0 aliphatic rings. The number of nitrogens with zero attached hydrogens (tertiary/aromatic N) is 2. The Kier molecular flexibility index (Phi) is 2.59. The number of rotatable bonds is 2. The van der Waals surface area contributed by atoms with Crippen LogP contribution in [0.3, 0.4) is 0 Å². The highest BCUT2D eigenvalue weighted by Crippen LogP contribution is 2.19. The van der Waals surface area contributed by atoms with Gasteiger partial charge in [-0.25, -0.2) is 4.98 Å². The molecule has 64 valence electrons. The molecule has 1 aromatic heterocycles. The second-order valence-electron chi connectivity index (χ2n) is 2.10. The van der Waals surface area contributed by atoms with Gasteiger partial charge in [-0.15, -0.1) is 0 Å². The Morgan fingerprint density at radius 3 is 2.75 bits per heavy atom. The number of hydrogen-bond donors (Lipinski definition) is 1. The first-order valence-electron chi connectivity index (χ1n) is 3.11. The lowest BCUT2D eigenvalue weighted by Gasteiger charge is -1.97. The summed E-state index contributed by atoms with van der Waals surface area (Å²) >= 11 is 3.17. The molecule has 1 rings (SSSR count). The van der Waals surface area contributed by atoms with Gasteiger partial charge in [-0.3, -0.25) is 10.1 Å². The van der Waals surface area contributed by atoms with E-state index in [0.29, 0.717) is 11.0 Å². The number of anilines is 1. The normalized spacial score (nSPS) is 9.75. The monoisotopic (exact) mass is 231 g/mol. The Balaban J connectivity index is 3.12. The van der Waals surface area contributed by atoms with E-state index in [9.17, 15) is 10.1 Å². The van der Waals surface area contributed by atoms with Gasteiger partial charge in [0, 0.05) is 11.4 Å². The number of aromatic nitrogens is 1. The quantitative estimate of drug-likeness (QED) is 0.475. The van der Waals surface area contributed by atoms with Crippen LogP contribution in [0.5, 0.6) is 0 Å². The molecule has 0 saturated carbocycles. The number of pyridine rings is 1. The third-order valence-corrected chi connectivity index (χ3v) is 1.87. The van der Waals surface area contributed by atoms with E-state index in [2.05, 4.69) is 20.9 Å². The topological polar surface area (TPSA) is 82.0 Å². The molecule has 1 heterocycles. The Bertz CT molecular complexity index is 316. The molecule has 0 aromatic carbocycles. The molecule has 0 atom stereocenters. The minimum absolute atomic E-state index is 0.0445. The second-order valence-corrected chi connectivity index (χ2v) is 2.66. The molecular weight excluding hydrogens is 226 g/mol. The smallest absolute Gasteiger partial charge is 0.311 e. The van der Waals surface area contributed by atoms with Crippen molar-refractivity contribution >= 4 is 27.4 Å². The van der Waals surface area contributed by atoms with Gasteiger partial charge in [0.1, 0.15) is 0 Å². The van der Waals surface area contributed by atoms with E-state index in [1.807, 2.05) is 0 Å². The summed E-state index contributed by atoms with van der Waals surface area (Å²) in [5, 5.41) is 10.8. The van der Waals surface area contributed by atoms with E-state index >= 15 is 0 Å². The molecule has 0 aliphatic heterocycles. The first-order valence-corrected chi connectivity index (χ1v) is 4.23. The molecular formula is C6H6BrN3O2. The number of alkyl halides is 1. The van der Waals surface area contributed by atoms with Gasteiger partial charge in [0.15, 0.2) is 0 Å². The van der Waals surface area contributed by atoms with Gasteiger partial charge in [0.25, 0.3) is 0 Å². The summed E-state index contributed by atoms with van der Waals surface area (Å²) in [6.07, 6.45) is 0. The molecule has 0 saturated heterocycles. The molecule has 12 heavy (non-hydrogen) atoms. The Hall–Kier alpha value is -1.17. The summed E-state index contributed by atoms with van der Waals surface area (Å²) in [6.45, 7) is 0. The summed E-state index contributed by atoms with van der Waals surface area (Å²) in [6, 6.07) is 2.90. The van der Waals surface area contributed by atoms with E-state index < -0.39 is 4.92 Å². The van der Waals surface area contributed by atoms with Crippen LogP contribution in [0.2, 0.25) is 0 Å². The fraction of sp³-hybridized carbons (Fsp3) is 0.167. The van der Waals surface area contributed by atoms with Gasteiger partial charge in [0.2, 0.25) is 5.82 Å². The van der Waals surface area contributed by atoms with E-state index in [1.54, 1.807) is 6.07 Å². The van der Waals surface area contributed by atoms with Crippen molar-refractivity contribution in [2.24, 2.45) is 0 Å². The average Bonchev–Trinajstić information content (AvgIpc) is 2.03. The summed E-state index contributed by atoms with van der Waals surface area (Å²) in [7, 11) is 0. The summed E-state index contributed by atoms with van der Waals surface area (Å²) < 4.78 is 0. The average molecular weight is 232 g/mol.